The predicted molar refractivity (Wildman–Crippen MR) is 80.4 cm³/mol. The second-order valence-corrected chi connectivity index (χ2v) is 5.90. The van der Waals surface area contributed by atoms with Gasteiger partial charge >= 0.3 is 0 Å². The third-order valence-corrected chi connectivity index (χ3v) is 4.28. The van der Waals surface area contributed by atoms with Gasteiger partial charge in [-0.05, 0) is 63.5 Å². The highest BCUT2D eigenvalue weighted by molar-refractivity contribution is 5.59. The summed E-state index contributed by atoms with van der Waals surface area (Å²) in [7, 11) is 4.39. The number of hydrogen-bond acceptors (Lipinski definition) is 3. The molecular weight excluding hydrogens is 234 g/mol. The van der Waals surface area contributed by atoms with Crippen LogP contribution in [0, 0.1) is 0 Å². The van der Waals surface area contributed by atoms with E-state index in [0.717, 1.165) is 5.82 Å². The van der Waals surface area contributed by atoms with Crippen molar-refractivity contribution in [2.24, 2.45) is 0 Å². The van der Waals surface area contributed by atoms with E-state index in [0.29, 0.717) is 6.04 Å². The number of likely N-dealkylation sites (tertiary alicyclic amines) is 1. The SMILES string of the molecule is CN1CCC(N(C)c2cc(C=C3CC3)ccn2)CC1. The molecular formula is C16H23N3. The minimum atomic E-state index is 0.632. The van der Waals surface area contributed by atoms with Crippen molar-refractivity contribution >= 4 is 11.9 Å². The van der Waals surface area contributed by atoms with E-state index in [1.54, 1.807) is 5.57 Å². The molecule has 3 nitrogen and oxygen atoms in total. The highest BCUT2D eigenvalue weighted by atomic mass is 15.2. The number of piperidine rings is 1. The standard InChI is InChI=1S/C16H23N3/c1-18-9-6-15(7-10-18)19(2)16-12-14(5-8-17-16)11-13-3-4-13/h5,8,11-12,15H,3-4,6-7,9-10H2,1-2H3. The van der Waals surface area contributed by atoms with Gasteiger partial charge in [-0.2, -0.15) is 0 Å². The maximum absolute atomic E-state index is 4.54. The lowest BCUT2D eigenvalue weighted by molar-refractivity contribution is 0.252. The van der Waals surface area contributed by atoms with E-state index in [4.69, 9.17) is 0 Å². The Hall–Kier alpha value is -1.35. The number of aromatic nitrogens is 1. The first-order chi connectivity index (χ1) is 9.22. The maximum Gasteiger partial charge on any atom is 0.129 e. The normalized spacial score (nSPS) is 20.4. The molecule has 0 amide bonds. The Morgan fingerprint density at radius 2 is 2.05 bits per heavy atom. The molecule has 0 unspecified atom stereocenters. The largest absolute Gasteiger partial charge is 0.357 e. The molecule has 1 aliphatic heterocycles. The lowest BCUT2D eigenvalue weighted by Gasteiger charge is -2.35. The zero-order valence-electron chi connectivity index (χ0n) is 12.0. The topological polar surface area (TPSA) is 19.4 Å². The fraction of sp³-hybridized carbons (Fsp3) is 0.562. The first-order valence-electron chi connectivity index (χ1n) is 7.29. The van der Waals surface area contributed by atoms with E-state index < -0.39 is 0 Å². The average Bonchev–Trinajstić information content (AvgIpc) is 3.23. The monoisotopic (exact) mass is 257 g/mol. The zero-order chi connectivity index (χ0) is 13.2. The van der Waals surface area contributed by atoms with Gasteiger partial charge in [0.2, 0.25) is 0 Å². The predicted octanol–water partition coefficient (Wildman–Crippen LogP) is 2.79. The van der Waals surface area contributed by atoms with E-state index in [9.17, 15) is 0 Å². The van der Waals surface area contributed by atoms with Crippen molar-refractivity contribution in [1.82, 2.24) is 9.88 Å². The zero-order valence-corrected chi connectivity index (χ0v) is 12.0. The molecule has 0 spiro atoms. The van der Waals surface area contributed by atoms with Crippen molar-refractivity contribution in [3.8, 4) is 0 Å². The maximum atomic E-state index is 4.54. The van der Waals surface area contributed by atoms with E-state index in [2.05, 4.69) is 47.1 Å². The number of hydrogen-bond donors (Lipinski definition) is 0. The summed E-state index contributed by atoms with van der Waals surface area (Å²) in [5.41, 5.74) is 2.87. The average molecular weight is 257 g/mol. The van der Waals surface area contributed by atoms with Crippen molar-refractivity contribution in [2.45, 2.75) is 31.7 Å². The van der Waals surface area contributed by atoms with Gasteiger partial charge in [0, 0.05) is 19.3 Å². The molecule has 3 rings (SSSR count). The summed E-state index contributed by atoms with van der Waals surface area (Å²) in [5, 5.41) is 0. The molecule has 1 saturated carbocycles. The molecule has 1 aromatic heterocycles. The van der Waals surface area contributed by atoms with Gasteiger partial charge in [-0.25, -0.2) is 4.98 Å². The van der Waals surface area contributed by atoms with Crippen LogP contribution in [0.5, 0.6) is 0 Å². The Morgan fingerprint density at radius 1 is 1.32 bits per heavy atom. The van der Waals surface area contributed by atoms with E-state index in [1.807, 2.05) is 6.20 Å². The Morgan fingerprint density at radius 3 is 2.74 bits per heavy atom. The second kappa shape index (κ2) is 5.33. The summed E-state index contributed by atoms with van der Waals surface area (Å²) >= 11 is 0. The Labute approximate surface area is 115 Å². The molecule has 0 N–H and O–H groups in total. The third kappa shape index (κ3) is 3.16. The Bertz CT molecular complexity index is 467. The Kier molecular flexibility index (Phi) is 3.56. The lowest BCUT2D eigenvalue weighted by Crippen LogP contribution is -2.42. The molecule has 2 fully saturated rings. The molecule has 0 radical (unpaired) electrons. The number of rotatable bonds is 3. The Balaban J connectivity index is 1.72. The number of nitrogens with zero attached hydrogens (tertiary/aromatic N) is 3. The number of anilines is 1. The summed E-state index contributed by atoms with van der Waals surface area (Å²) in [4.78, 5) is 9.32. The van der Waals surface area contributed by atoms with Gasteiger partial charge in [-0.15, -0.1) is 0 Å². The fourth-order valence-corrected chi connectivity index (χ4v) is 2.74. The smallest absolute Gasteiger partial charge is 0.129 e. The van der Waals surface area contributed by atoms with Crippen molar-refractivity contribution in [2.75, 3.05) is 32.1 Å². The summed E-state index contributed by atoms with van der Waals surface area (Å²) in [5.74, 6) is 1.12. The third-order valence-electron chi connectivity index (χ3n) is 4.28. The minimum absolute atomic E-state index is 0.632. The molecule has 2 heterocycles. The first kappa shape index (κ1) is 12.7. The van der Waals surface area contributed by atoms with Crippen molar-refractivity contribution in [1.29, 1.82) is 0 Å². The van der Waals surface area contributed by atoms with E-state index in [-0.39, 0.29) is 0 Å². The molecule has 102 valence electrons. The molecule has 1 aliphatic carbocycles. The summed E-state index contributed by atoms with van der Waals surface area (Å²) in [6, 6.07) is 4.97. The van der Waals surface area contributed by atoms with Crippen molar-refractivity contribution < 1.29 is 0 Å². The summed E-state index contributed by atoms with van der Waals surface area (Å²) in [6.45, 7) is 2.39. The molecule has 1 saturated heterocycles. The molecule has 1 aromatic rings. The van der Waals surface area contributed by atoms with Crippen LogP contribution in [0.3, 0.4) is 0 Å². The van der Waals surface area contributed by atoms with Crippen LogP contribution in [-0.2, 0) is 0 Å². The highest BCUT2D eigenvalue weighted by Gasteiger charge is 2.21. The van der Waals surface area contributed by atoms with E-state index in [1.165, 1.54) is 44.3 Å². The lowest BCUT2D eigenvalue weighted by atomic mass is 10.0. The van der Waals surface area contributed by atoms with Crippen LogP contribution in [0.2, 0.25) is 0 Å². The van der Waals surface area contributed by atoms with Crippen LogP contribution in [0.4, 0.5) is 5.82 Å². The highest BCUT2D eigenvalue weighted by Crippen LogP contribution is 2.30. The van der Waals surface area contributed by atoms with Crippen molar-refractivity contribution in [3.05, 3.63) is 29.5 Å². The summed E-state index contributed by atoms with van der Waals surface area (Å²) < 4.78 is 0. The van der Waals surface area contributed by atoms with Crippen molar-refractivity contribution in [3.63, 3.8) is 0 Å². The first-order valence-corrected chi connectivity index (χ1v) is 7.29. The van der Waals surface area contributed by atoms with Crippen LogP contribution in [0.15, 0.2) is 23.9 Å². The van der Waals surface area contributed by atoms with Gasteiger partial charge in [-0.3, -0.25) is 0 Å². The van der Waals surface area contributed by atoms with Gasteiger partial charge in [0.1, 0.15) is 5.82 Å². The molecule has 2 aliphatic rings. The van der Waals surface area contributed by atoms with Crippen LogP contribution in [0.1, 0.15) is 31.2 Å². The molecule has 3 heteroatoms. The molecule has 0 atom stereocenters. The number of allylic oxidation sites excluding steroid dienone is 1. The van der Waals surface area contributed by atoms with Gasteiger partial charge in [0.15, 0.2) is 0 Å². The molecule has 0 bridgehead atoms. The molecule has 19 heavy (non-hydrogen) atoms. The van der Waals surface area contributed by atoms with Gasteiger partial charge in [0.25, 0.3) is 0 Å². The second-order valence-electron chi connectivity index (χ2n) is 5.90. The van der Waals surface area contributed by atoms with Crippen LogP contribution >= 0.6 is 0 Å². The van der Waals surface area contributed by atoms with Gasteiger partial charge < -0.3 is 9.80 Å². The van der Waals surface area contributed by atoms with Gasteiger partial charge in [0.05, 0.1) is 0 Å². The number of pyridine rings is 1. The quantitative estimate of drug-likeness (QED) is 0.830. The van der Waals surface area contributed by atoms with Crippen LogP contribution in [-0.4, -0.2) is 43.1 Å². The minimum Gasteiger partial charge on any atom is -0.357 e. The summed E-state index contributed by atoms with van der Waals surface area (Å²) in [6.07, 6.45) is 9.29. The van der Waals surface area contributed by atoms with Crippen LogP contribution in [0.25, 0.3) is 6.08 Å². The molecule has 0 aromatic carbocycles. The van der Waals surface area contributed by atoms with Crippen LogP contribution < -0.4 is 4.90 Å². The fourth-order valence-electron chi connectivity index (χ4n) is 2.74. The van der Waals surface area contributed by atoms with Gasteiger partial charge in [-0.1, -0.05) is 11.6 Å². The van der Waals surface area contributed by atoms with E-state index >= 15 is 0 Å².